The van der Waals surface area contributed by atoms with Crippen molar-refractivity contribution in [2.24, 2.45) is 0 Å². The molecule has 0 spiro atoms. The summed E-state index contributed by atoms with van der Waals surface area (Å²) in [5.74, 6) is 0. The highest BCUT2D eigenvalue weighted by atomic mass is 32.2. The fourth-order valence-corrected chi connectivity index (χ4v) is 7.06. The molecule has 1 aromatic heterocycles. The number of rotatable bonds is 3. The van der Waals surface area contributed by atoms with Crippen LogP contribution in [0.25, 0.3) is 60.9 Å². The summed E-state index contributed by atoms with van der Waals surface area (Å²) in [4.78, 5) is 2.54. The molecule has 40 heavy (non-hydrogen) atoms. The van der Waals surface area contributed by atoms with Gasteiger partial charge in [0.05, 0.1) is 28.4 Å². The topological polar surface area (TPSA) is 28.7 Å². The third-order valence-corrected chi connectivity index (χ3v) is 8.87. The van der Waals surface area contributed by atoms with Crippen molar-refractivity contribution in [3.05, 3.63) is 139 Å². The minimum absolute atomic E-state index is 0.663. The fraction of sp³-hybridized carbons (Fsp3) is 0. The van der Waals surface area contributed by atoms with Gasteiger partial charge in [0, 0.05) is 20.6 Å². The maximum Gasteiger partial charge on any atom is 0.0992 e. The Morgan fingerprint density at radius 2 is 1.15 bits per heavy atom. The van der Waals surface area contributed by atoms with Crippen LogP contribution in [0.1, 0.15) is 5.56 Å². The predicted molar refractivity (Wildman–Crippen MR) is 166 cm³/mol. The van der Waals surface area contributed by atoms with Gasteiger partial charge in [0.1, 0.15) is 0 Å². The van der Waals surface area contributed by atoms with Crippen LogP contribution in [0.4, 0.5) is 0 Å². The van der Waals surface area contributed by atoms with Crippen LogP contribution in [0.5, 0.6) is 0 Å². The van der Waals surface area contributed by atoms with Gasteiger partial charge in [-0.3, -0.25) is 0 Å². The van der Waals surface area contributed by atoms with E-state index < -0.39 is 0 Å². The number of fused-ring (bicyclic) bond motifs is 5. The smallest absolute Gasteiger partial charge is 0.0992 e. The van der Waals surface area contributed by atoms with E-state index in [0.717, 1.165) is 27.8 Å². The number of hydrogen-bond acceptors (Lipinski definition) is 2. The zero-order valence-corrected chi connectivity index (χ0v) is 22.3. The number of benzene rings is 6. The summed E-state index contributed by atoms with van der Waals surface area (Å²) >= 11 is 1.85. The lowest BCUT2D eigenvalue weighted by Gasteiger charge is -2.21. The number of para-hydroxylation sites is 2. The molecular formula is C37H22N2S. The Morgan fingerprint density at radius 1 is 0.500 bits per heavy atom. The van der Waals surface area contributed by atoms with Crippen LogP contribution in [0.2, 0.25) is 0 Å². The molecule has 0 N–H and O–H groups in total. The standard InChI is InChI=1S/C37H22N2S/c38-23-24-18-29(25-8-2-1-3-9-25)21-30(19-24)27-11-6-10-26(20-27)28-16-17-34-36(22-28)40-35-15-7-13-32-31-12-4-5-14-33(31)39(34)37(32)35/h1-22H. The van der Waals surface area contributed by atoms with Crippen LogP contribution in [0, 0.1) is 11.3 Å². The quantitative estimate of drug-likeness (QED) is 0.229. The Labute approximate surface area is 236 Å². The maximum absolute atomic E-state index is 9.75. The Kier molecular flexibility index (Phi) is 5.16. The SMILES string of the molecule is N#Cc1cc(-c2ccccc2)cc(-c2cccc(-c3ccc4c(c3)Sc3cccc5c6ccccc6n-4c35)c2)c1. The third kappa shape index (κ3) is 3.58. The zero-order chi connectivity index (χ0) is 26.6. The van der Waals surface area contributed by atoms with Crippen LogP contribution in [-0.4, -0.2) is 4.57 Å². The maximum atomic E-state index is 9.75. The molecule has 0 atom stereocenters. The highest BCUT2D eigenvalue weighted by molar-refractivity contribution is 7.99. The number of hydrogen-bond donors (Lipinski definition) is 0. The van der Waals surface area contributed by atoms with E-state index in [1.807, 2.05) is 42.1 Å². The fourth-order valence-electron chi connectivity index (χ4n) is 5.93. The van der Waals surface area contributed by atoms with Gasteiger partial charge in [0.25, 0.3) is 0 Å². The second-order valence-electron chi connectivity index (χ2n) is 10.1. The first-order valence-corrected chi connectivity index (χ1v) is 14.1. The van der Waals surface area contributed by atoms with Crippen LogP contribution in [-0.2, 0) is 0 Å². The van der Waals surface area contributed by atoms with Gasteiger partial charge in [-0.2, -0.15) is 5.26 Å². The highest BCUT2D eigenvalue weighted by Crippen LogP contribution is 2.47. The highest BCUT2D eigenvalue weighted by Gasteiger charge is 2.23. The van der Waals surface area contributed by atoms with Gasteiger partial charge in [-0.1, -0.05) is 96.7 Å². The van der Waals surface area contributed by atoms with Gasteiger partial charge >= 0.3 is 0 Å². The van der Waals surface area contributed by atoms with Crippen molar-refractivity contribution in [3.63, 3.8) is 0 Å². The molecule has 6 aromatic carbocycles. The summed E-state index contributed by atoms with van der Waals surface area (Å²) < 4.78 is 2.42. The van der Waals surface area contributed by atoms with Gasteiger partial charge in [0.15, 0.2) is 0 Å². The van der Waals surface area contributed by atoms with E-state index in [4.69, 9.17) is 0 Å². The molecule has 0 saturated heterocycles. The average Bonchev–Trinajstić information content (AvgIpc) is 3.37. The van der Waals surface area contributed by atoms with E-state index in [1.165, 1.54) is 42.8 Å². The Hall–Kier alpha value is -5.04. The van der Waals surface area contributed by atoms with Crippen LogP contribution < -0.4 is 0 Å². The van der Waals surface area contributed by atoms with Crippen molar-refractivity contribution in [1.82, 2.24) is 4.57 Å². The summed E-state index contributed by atoms with van der Waals surface area (Å²) in [5, 5.41) is 12.3. The van der Waals surface area contributed by atoms with Crippen molar-refractivity contribution in [2.45, 2.75) is 9.79 Å². The van der Waals surface area contributed by atoms with Crippen LogP contribution >= 0.6 is 11.8 Å². The summed E-state index contributed by atoms with van der Waals surface area (Å²) in [6, 6.07) is 49.5. The molecule has 3 heteroatoms. The lowest BCUT2D eigenvalue weighted by atomic mass is 9.94. The van der Waals surface area contributed by atoms with E-state index in [0.29, 0.717) is 5.56 Å². The van der Waals surface area contributed by atoms with Gasteiger partial charge in [0.2, 0.25) is 0 Å². The molecule has 0 radical (unpaired) electrons. The molecule has 186 valence electrons. The van der Waals surface area contributed by atoms with Gasteiger partial charge in [-0.15, -0.1) is 0 Å². The largest absolute Gasteiger partial charge is 0.307 e. The Bertz CT molecular complexity index is 2150. The minimum Gasteiger partial charge on any atom is -0.307 e. The second kappa shape index (κ2) is 9.02. The van der Waals surface area contributed by atoms with E-state index >= 15 is 0 Å². The summed E-state index contributed by atoms with van der Waals surface area (Å²) in [6.07, 6.45) is 0. The van der Waals surface area contributed by atoms with Crippen LogP contribution in [0.15, 0.2) is 143 Å². The first-order chi connectivity index (χ1) is 19.8. The predicted octanol–water partition coefficient (Wildman–Crippen LogP) is 10.1. The summed E-state index contributed by atoms with van der Waals surface area (Å²) in [5.41, 5.74) is 11.1. The zero-order valence-electron chi connectivity index (χ0n) is 21.5. The molecule has 0 amide bonds. The normalized spacial score (nSPS) is 11.9. The molecule has 1 aliphatic rings. The molecule has 1 aliphatic heterocycles. The number of nitriles is 1. The van der Waals surface area contributed by atoms with Crippen LogP contribution in [0.3, 0.4) is 0 Å². The minimum atomic E-state index is 0.663. The van der Waals surface area contributed by atoms with Crippen molar-refractivity contribution in [2.75, 3.05) is 0 Å². The molecule has 0 fully saturated rings. The van der Waals surface area contributed by atoms with Crippen molar-refractivity contribution >= 4 is 33.6 Å². The van der Waals surface area contributed by atoms with Crippen molar-refractivity contribution in [3.8, 4) is 45.1 Å². The summed E-state index contributed by atoms with van der Waals surface area (Å²) in [6.45, 7) is 0. The summed E-state index contributed by atoms with van der Waals surface area (Å²) in [7, 11) is 0. The van der Waals surface area contributed by atoms with Gasteiger partial charge in [-0.05, 0) is 81.9 Å². The molecule has 0 saturated carbocycles. The van der Waals surface area contributed by atoms with E-state index in [-0.39, 0.29) is 0 Å². The lowest BCUT2D eigenvalue weighted by Crippen LogP contribution is -2.01. The molecular weight excluding hydrogens is 504 g/mol. The lowest BCUT2D eigenvalue weighted by molar-refractivity contribution is 1.09. The van der Waals surface area contributed by atoms with Crippen molar-refractivity contribution in [1.29, 1.82) is 5.26 Å². The molecule has 2 heterocycles. The molecule has 0 unspecified atom stereocenters. The molecule has 2 nitrogen and oxygen atoms in total. The van der Waals surface area contributed by atoms with Gasteiger partial charge < -0.3 is 4.57 Å². The molecule has 8 rings (SSSR count). The third-order valence-electron chi connectivity index (χ3n) is 7.78. The monoisotopic (exact) mass is 526 g/mol. The van der Waals surface area contributed by atoms with E-state index in [2.05, 4.69) is 114 Å². The average molecular weight is 527 g/mol. The Morgan fingerprint density at radius 3 is 2.00 bits per heavy atom. The molecule has 0 bridgehead atoms. The first kappa shape index (κ1) is 22.9. The molecule has 7 aromatic rings. The second-order valence-corrected chi connectivity index (χ2v) is 11.2. The Balaban J connectivity index is 1.24. The van der Waals surface area contributed by atoms with E-state index in [9.17, 15) is 5.26 Å². The van der Waals surface area contributed by atoms with Crippen molar-refractivity contribution < 1.29 is 0 Å². The van der Waals surface area contributed by atoms with E-state index in [1.54, 1.807) is 0 Å². The van der Waals surface area contributed by atoms with Gasteiger partial charge in [-0.25, -0.2) is 0 Å². The number of aromatic nitrogens is 1. The first-order valence-electron chi connectivity index (χ1n) is 13.3. The number of nitrogens with zero attached hydrogens (tertiary/aromatic N) is 2. The molecule has 0 aliphatic carbocycles.